The van der Waals surface area contributed by atoms with Crippen LogP contribution in [0, 0.1) is 0 Å². The van der Waals surface area contributed by atoms with Gasteiger partial charge in [0.1, 0.15) is 11.5 Å². The summed E-state index contributed by atoms with van der Waals surface area (Å²) in [5.41, 5.74) is 2.57. The molecule has 0 atom stereocenters. The molecule has 1 aliphatic carbocycles. The average molecular weight is 270 g/mol. The van der Waals surface area contributed by atoms with Crippen LogP contribution >= 0.6 is 0 Å². The number of ether oxygens (including phenoxy) is 2. The first-order valence-electron chi connectivity index (χ1n) is 5.88. The highest BCUT2D eigenvalue weighted by Gasteiger charge is 2.27. The van der Waals surface area contributed by atoms with E-state index in [-0.39, 0.29) is 11.5 Å². The van der Waals surface area contributed by atoms with Crippen LogP contribution in [-0.4, -0.2) is 24.2 Å². The standard InChI is InChI=1S/C15H10O5/c1-19-8-2-4-10-11-5-3-9(20-15(17)18)7-13(11)14(16)12(10)6-8/h2-7H,1H3,(H,17,18). The third-order valence-corrected chi connectivity index (χ3v) is 3.20. The Hall–Kier alpha value is -2.82. The van der Waals surface area contributed by atoms with Crippen LogP contribution in [0.4, 0.5) is 4.79 Å². The second-order valence-corrected chi connectivity index (χ2v) is 4.32. The maximum Gasteiger partial charge on any atom is 0.511 e. The van der Waals surface area contributed by atoms with E-state index in [4.69, 9.17) is 9.84 Å². The monoisotopic (exact) mass is 270 g/mol. The minimum atomic E-state index is -1.41. The summed E-state index contributed by atoms with van der Waals surface area (Å²) < 4.78 is 9.68. The Bertz CT molecular complexity index is 733. The SMILES string of the molecule is COc1ccc2c(c1)C(=O)c1cc(OC(=O)O)ccc1-2. The third-order valence-electron chi connectivity index (χ3n) is 3.20. The fraction of sp³-hybridized carbons (Fsp3) is 0.0667. The molecule has 2 aromatic carbocycles. The van der Waals surface area contributed by atoms with Gasteiger partial charge in [-0.2, -0.15) is 0 Å². The zero-order chi connectivity index (χ0) is 14.3. The molecule has 0 heterocycles. The predicted molar refractivity (Wildman–Crippen MR) is 70.5 cm³/mol. The number of fused-ring (bicyclic) bond motifs is 3. The third kappa shape index (κ3) is 1.80. The van der Waals surface area contributed by atoms with Gasteiger partial charge in [0, 0.05) is 11.1 Å². The largest absolute Gasteiger partial charge is 0.511 e. The molecule has 0 bridgehead atoms. The van der Waals surface area contributed by atoms with Gasteiger partial charge in [-0.3, -0.25) is 4.79 Å². The second-order valence-electron chi connectivity index (χ2n) is 4.32. The van der Waals surface area contributed by atoms with E-state index in [0.29, 0.717) is 16.9 Å². The van der Waals surface area contributed by atoms with Crippen LogP contribution in [-0.2, 0) is 0 Å². The summed E-state index contributed by atoms with van der Waals surface area (Å²) in [6, 6.07) is 9.93. The first-order chi connectivity index (χ1) is 9.60. The number of benzene rings is 2. The maximum atomic E-state index is 12.3. The predicted octanol–water partition coefficient (Wildman–Crippen LogP) is 2.96. The van der Waals surface area contributed by atoms with E-state index in [0.717, 1.165) is 11.1 Å². The lowest BCUT2D eigenvalue weighted by Gasteiger charge is -2.03. The molecular formula is C15H10O5. The van der Waals surface area contributed by atoms with Gasteiger partial charge in [-0.1, -0.05) is 0 Å². The molecule has 0 saturated heterocycles. The van der Waals surface area contributed by atoms with E-state index in [9.17, 15) is 9.59 Å². The zero-order valence-corrected chi connectivity index (χ0v) is 10.5. The lowest BCUT2D eigenvalue weighted by molar-refractivity contribution is 0.104. The summed E-state index contributed by atoms with van der Waals surface area (Å²) >= 11 is 0. The van der Waals surface area contributed by atoms with Crippen molar-refractivity contribution < 1.29 is 24.2 Å². The van der Waals surface area contributed by atoms with Crippen molar-refractivity contribution in [1.29, 1.82) is 0 Å². The molecule has 0 aromatic heterocycles. The second kappa shape index (κ2) is 4.38. The normalized spacial score (nSPS) is 11.8. The first kappa shape index (κ1) is 12.2. The fourth-order valence-electron chi connectivity index (χ4n) is 2.33. The van der Waals surface area contributed by atoms with Gasteiger partial charge >= 0.3 is 6.16 Å². The molecule has 1 N–H and O–H groups in total. The fourth-order valence-corrected chi connectivity index (χ4v) is 2.33. The van der Waals surface area contributed by atoms with Gasteiger partial charge < -0.3 is 14.6 Å². The van der Waals surface area contributed by atoms with Crippen LogP contribution in [0.5, 0.6) is 11.5 Å². The van der Waals surface area contributed by atoms with Gasteiger partial charge in [-0.25, -0.2) is 4.79 Å². The number of methoxy groups -OCH3 is 1. The van der Waals surface area contributed by atoms with Crippen molar-refractivity contribution in [3.8, 4) is 22.6 Å². The van der Waals surface area contributed by atoms with E-state index in [1.54, 1.807) is 18.2 Å². The van der Waals surface area contributed by atoms with Crippen molar-refractivity contribution in [3.05, 3.63) is 47.5 Å². The molecule has 2 aromatic rings. The lowest BCUT2D eigenvalue weighted by Crippen LogP contribution is -2.04. The van der Waals surface area contributed by atoms with E-state index < -0.39 is 6.16 Å². The van der Waals surface area contributed by atoms with Crippen molar-refractivity contribution in [1.82, 2.24) is 0 Å². The Labute approximate surface area is 114 Å². The number of hydrogen-bond donors (Lipinski definition) is 1. The number of carbonyl (C=O) groups excluding carboxylic acids is 1. The highest BCUT2D eigenvalue weighted by atomic mass is 16.7. The zero-order valence-electron chi connectivity index (χ0n) is 10.5. The molecule has 1 aliphatic rings. The smallest absolute Gasteiger partial charge is 0.497 e. The van der Waals surface area contributed by atoms with Crippen molar-refractivity contribution in [3.63, 3.8) is 0 Å². The lowest BCUT2D eigenvalue weighted by atomic mass is 10.1. The van der Waals surface area contributed by atoms with Gasteiger partial charge in [0.15, 0.2) is 5.78 Å². The molecule has 3 rings (SSSR count). The van der Waals surface area contributed by atoms with Crippen LogP contribution in [0.1, 0.15) is 15.9 Å². The Morgan fingerprint density at radius 1 is 0.950 bits per heavy atom. The molecule has 5 nitrogen and oxygen atoms in total. The number of carboxylic acid groups (broad SMARTS) is 1. The summed E-state index contributed by atoms with van der Waals surface area (Å²) in [5, 5.41) is 8.60. The minimum absolute atomic E-state index is 0.129. The molecule has 100 valence electrons. The van der Waals surface area contributed by atoms with E-state index >= 15 is 0 Å². The number of ketones is 1. The molecular weight excluding hydrogens is 260 g/mol. The van der Waals surface area contributed by atoms with Gasteiger partial charge in [0.25, 0.3) is 0 Å². The highest BCUT2D eigenvalue weighted by Crippen LogP contribution is 2.39. The molecule has 5 heteroatoms. The van der Waals surface area contributed by atoms with Crippen molar-refractivity contribution in [2.75, 3.05) is 7.11 Å². The summed E-state index contributed by atoms with van der Waals surface area (Å²) in [7, 11) is 1.53. The van der Waals surface area contributed by atoms with E-state index in [2.05, 4.69) is 4.74 Å². The van der Waals surface area contributed by atoms with Gasteiger partial charge in [0.05, 0.1) is 7.11 Å². The summed E-state index contributed by atoms with van der Waals surface area (Å²) in [6.07, 6.45) is -1.41. The molecule has 0 aliphatic heterocycles. The Morgan fingerprint density at radius 3 is 2.05 bits per heavy atom. The van der Waals surface area contributed by atoms with E-state index in [1.165, 1.54) is 19.2 Å². The first-order valence-corrected chi connectivity index (χ1v) is 5.88. The topological polar surface area (TPSA) is 72.8 Å². The molecule has 20 heavy (non-hydrogen) atoms. The number of rotatable bonds is 2. The number of hydrogen-bond acceptors (Lipinski definition) is 4. The van der Waals surface area contributed by atoms with Crippen molar-refractivity contribution in [2.45, 2.75) is 0 Å². The number of carbonyl (C=O) groups is 2. The van der Waals surface area contributed by atoms with Crippen LogP contribution in [0.15, 0.2) is 36.4 Å². The Balaban J connectivity index is 2.10. The Morgan fingerprint density at radius 2 is 1.50 bits per heavy atom. The maximum absolute atomic E-state index is 12.3. The van der Waals surface area contributed by atoms with Crippen LogP contribution in [0.3, 0.4) is 0 Å². The summed E-state index contributed by atoms with van der Waals surface area (Å²) in [6.45, 7) is 0. The minimum Gasteiger partial charge on any atom is -0.497 e. The molecule has 0 spiro atoms. The molecule has 0 saturated carbocycles. The van der Waals surface area contributed by atoms with Gasteiger partial charge in [0.2, 0.25) is 0 Å². The quantitative estimate of drug-likeness (QED) is 0.572. The van der Waals surface area contributed by atoms with Crippen LogP contribution < -0.4 is 9.47 Å². The van der Waals surface area contributed by atoms with Gasteiger partial charge in [-0.15, -0.1) is 0 Å². The summed E-state index contributed by atoms with van der Waals surface area (Å²) in [5.74, 6) is 0.570. The van der Waals surface area contributed by atoms with Crippen LogP contribution in [0.25, 0.3) is 11.1 Å². The van der Waals surface area contributed by atoms with Crippen molar-refractivity contribution >= 4 is 11.9 Å². The Kier molecular flexibility index (Phi) is 2.68. The van der Waals surface area contributed by atoms with E-state index in [1.807, 2.05) is 6.07 Å². The van der Waals surface area contributed by atoms with Crippen molar-refractivity contribution in [2.24, 2.45) is 0 Å². The average Bonchev–Trinajstić information content (AvgIpc) is 2.71. The van der Waals surface area contributed by atoms with Crippen LogP contribution in [0.2, 0.25) is 0 Å². The highest BCUT2D eigenvalue weighted by molar-refractivity contribution is 6.22. The van der Waals surface area contributed by atoms with Gasteiger partial charge in [-0.05, 0) is 47.5 Å². The summed E-state index contributed by atoms with van der Waals surface area (Å²) in [4.78, 5) is 22.9. The molecule has 0 radical (unpaired) electrons. The molecule has 0 fully saturated rings. The molecule has 0 unspecified atom stereocenters. The molecule has 0 amide bonds.